The fourth-order valence-electron chi connectivity index (χ4n) is 5.76. The molecule has 0 saturated carbocycles. The summed E-state index contributed by atoms with van der Waals surface area (Å²) in [6, 6.07) is 23.7. The lowest BCUT2D eigenvalue weighted by atomic mass is 9.78. The highest BCUT2D eigenvalue weighted by Gasteiger charge is 2.29. The molecule has 200 valence electrons. The maximum absolute atomic E-state index is 14.7. The molecule has 6 rings (SSSR count). The highest BCUT2D eigenvalue weighted by Crippen LogP contribution is 2.42. The average molecular weight is 524 g/mol. The minimum absolute atomic E-state index is 0.0594. The van der Waals surface area contributed by atoms with Gasteiger partial charge in [-0.2, -0.15) is 0 Å². The maximum atomic E-state index is 14.7. The Morgan fingerprint density at radius 3 is 2.51 bits per heavy atom. The van der Waals surface area contributed by atoms with Crippen LogP contribution in [0.3, 0.4) is 0 Å². The van der Waals surface area contributed by atoms with Crippen molar-refractivity contribution in [2.24, 2.45) is 0 Å². The molecule has 1 aromatic heterocycles. The van der Waals surface area contributed by atoms with Crippen LogP contribution in [0, 0.1) is 5.82 Å². The number of ether oxygens (including phenoxy) is 1. The predicted molar refractivity (Wildman–Crippen MR) is 153 cm³/mol. The third kappa shape index (κ3) is 5.71. The Balaban J connectivity index is 1.18. The summed E-state index contributed by atoms with van der Waals surface area (Å²) in [5.41, 5.74) is 7.04. The molecule has 1 aliphatic heterocycles. The van der Waals surface area contributed by atoms with Gasteiger partial charge in [0, 0.05) is 69.7 Å². The Labute approximate surface area is 229 Å². The van der Waals surface area contributed by atoms with Gasteiger partial charge < -0.3 is 10.1 Å². The fraction of sp³-hybridized carbons (Fsp3) is 0.312. The van der Waals surface area contributed by atoms with Crippen molar-refractivity contribution >= 4 is 11.6 Å². The van der Waals surface area contributed by atoms with Crippen molar-refractivity contribution in [1.29, 1.82) is 0 Å². The van der Waals surface area contributed by atoms with Crippen LogP contribution >= 0.6 is 0 Å². The zero-order valence-corrected chi connectivity index (χ0v) is 22.3. The Hall–Kier alpha value is -3.65. The molecule has 1 aliphatic carbocycles. The first kappa shape index (κ1) is 25.6. The van der Waals surface area contributed by atoms with Crippen LogP contribution in [-0.2, 0) is 17.7 Å². The summed E-state index contributed by atoms with van der Waals surface area (Å²) < 4.78 is 20.0. The first-order valence-electron chi connectivity index (χ1n) is 13.7. The van der Waals surface area contributed by atoms with Crippen molar-refractivity contribution in [1.82, 2.24) is 19.8 Å². The quantitative estimate of drug-likeness (QED) is 0.330. The first-order valence-corrected chi connectivity index (χ1v) is 13.7. The number of aromatic nitrogens is 2. The molecular formula is C32H34FN5O. The number of nitrogens with one attached hydrogen (secondary N) is 1. The monoisotopic (exact) mass is 523 g/mol. The molecule has 2 heterocycles. The number of methoxy groups -OCH3 is 1. The molecule has 0 radical (unpaired) electrons. The van der Waals surface area contributed by atoms with Gasteiger partial charge >= 0.3 is 0 Å². The number of fused-ring (bicyclic) bond motifs is 3. The van der Waals surface area contributed by atoms with Gasteiger partial charge in [-0.1, -0.05) is 54.6 Å². The number of piperazine rings is 1. The Morgan fingerprint density at radius 1 is 0.923 bits per heavy atom. The molecule has 1 saturated heterocycles. The first-order chi connectivity index (χ1) is 19.2. The molecular weight excluding hydrogens is 489 g/mol. The van der Waals surface area contributed by atoms with Gasteiger partial charge in [-0.25, -0.2) is 14.4 Å². The summed E-state index contributed by atoms with van der Waals surface area (Å²) >= 11 is 0. The van der Waals surface area contributed by atoms with Crippen molar-refractivity contribution in [3.05, 3.63) is 107 Å². The van der Waals surface area contributed by atoms with E-state index in [1.807, 2.05) is 30.5 Å². The lowest BCUT2D eigenvalue weighted by Gasteiger charge is -2.34. The summed E-state index contributed by atoms with van der Waals surface area (Å²) in [5.74, 6) is 0.334. The second kappa shape index (κ2) is 11.6. The number of hydrogen-bond donors (Lipinski definition) is 1. The summed E-state index contributed by atoms with van der Waals surface area (Å²) in [6.45, 7) is 6.97. The van der Waals surface area contributed by atoms with Crippen LogP contribution in [0.2, 0.25) is 0 Å². The van der Waals surface area contributed by atoms with E-state index in [2.05, 4.69) is 56.5 Å². The molecule has 1 fully saturated rings. The Bertz CT molecular complexity index is 1440. The second-order valence-corrected chi connectivity index (χ2v) is 10.4. The van der Waals surface area contributed by atoms with Gasteiger partial charge in [0.1, 0.15) is 5.82 Å². The van der Waals surface area contributed by atoms with E-state index < -0.39 is 0 Å². The predicted octanol–water partition coefficient (Wildman–Crippen LogP) is 5.48. The smallest absolute Gasteiger partial charge is 0.227 e. The van der Waals surface area contributed by atoms with Gasteiger partial charge in [0.25, 0.3) is 0 Å². The van der Waals surface area contributed by atoms with Crippen molar-refractivity contribution in [3.8, 4) is 11.3 Å². The number of anilines is 2. The van der Waals surface area contributed by atoms with E-state index in [0.717, 1.165) is 73.9 Å². The topological polar surface area (TPSA) is 53.5 Å². The van der Waals surface area contributed by atoms with Crippen molar-refractivity contribution in [2.75, 3.05) is 51.8 Å². The molecule has 3 aromatic carbocycles. The molecule has 0 amide bonds. The number of benzene rings is 3. The van der Waals surface area contributed by atoms with Gasteiger partial charge in [-0.15, -0.1) is 0 Å². The zero-order valence-electron chi connectivity index (χ0n) is 22.3. The van der Waals surface area contributed by atoms with Crippen LogP contribution in [0.1, 0.15) is 28.2 Å². The summed E-state index contributed by atoms with van der Waals surface area (Å²) in [7, 11) is 1.76. The number of halogens is 1. The average Bonchev–Trinajstić information content (AvgIpc) is 2.97. The summed E-state index contributed by atoms with van der Waals surface area (Å²) in [5, 5.41) is 3.42. The summed E-state index contributed by atoms with van der Waals surface area (Å²) in [4.78, 5) is 14.5. The lowest BCUT2D eigenvalue weighted by Crippen LogP contribution is -2.46. The van der Waals surface area contributed by atoms with Crippen LogP contribution in [-0.4, -0.2) is 66.2 Å². The third-order valence-corrected chi connectivity index (χ3v) is 7.83. The molecule has 4 aromatic rings. The highest BCUT2D eigenvalue weighted by atomic mass is 19.1. The van der Waals surface area contributed by atoms with Gasteiger partial charge in [0.15, 0.2) is 0 Å². The van der Waals surface area contributed by atoms with Gasteiger partial charge in [-0.05, 0) is 46.9 Å². The van der Waals surface area contributed by atoms with Gasteiger partial charge in [0.2, 0.25) is 5.95 Å². The third-order valence-electron chi connectivity index (χ3n) is 7.83. The number of nitrogens with zero attached hydrogens (tertiary/aromatic N) is 4. The van der Waals surface area contributed by atoms with Gasteiger partial charge in [-0.3, -0.25) is 9.80 Å². The molecule has 1 atom stereocenters. The standard InChI is InChI=1S/C32H34FN5O/c1-39-18-17-37-13-15-38(16-14-37)22-23-7-6-8-25(19-23)35-32-34-21-24-20-29(27-10-4-5-12-30(27)33)26-9-2-3-11-28(26)31(24)36-32/h2-12,19,21,29H,13-18,20,22H2,1H3,(H,34,35,36). The number of hydrogen-bond acceptors (Lipinski definition) is 6. The van der Waals surface area contributed by atoms with Crippen LogP contribution in [0.5, 0.6) is 0 Å². The van der Waals surface area contributed by atoms with E-state index >= 15 is 0 Å². The molecule has 1 N–H and O–H groups in total. The zero-order chi connectivity index (χ0) is 26.6. The van der Waals surface area contributed by atoms with Crippen molar-refractivity contribution < 1.29 is 9.13 Å². The van der Waals surface area contributed by atoms with Crippen LogP contribution in [0.15, 0.2) is 79.0 Å². The largest absolute Gasteiger partial charge is 0.383 e. The highest BCUT2D eigenvalue weighted by molar-refractivity contribution is 5.73. The van der Waals surface area contributed by atoms with E-state index in [-0.39, 0.29) is 11.7 Å². The Morgan fingerprint density at radius 2 is 1.69 bits per heavy atom. The van der Waals surface area contributed by atoms with E-state index in [1.165, 1.54) is 11.6 Å². The van der Waals surface area contributed by atoms with Gasteiger partial charge in [0.05, 0.1) is 12.3 Å². The van der Waals surface area contributed by atoms with Crippen LogP contribution in [0.25, 0.3) is 11.3 Å². The summed E-state index contributed by atoms with van der Waals surface area (Å²) in [6.07, 6.45) is 2.56. The number of rotatable bonds is 8. The molecule has 0 spiro atoms. The van der Waals surface area contributed by atoms with Crippen LogP contribution < -0.4 is 5.32 Å². The normalized spacial score (nSPS) is 17.4. The minimum atomic E-state index is -0.173. The molecule has 7 heteroatoms. The Kier molecular flexibility index (Phi) is 7.63. The molecule has 39 heavy (non-hydrogen) atoms. The molecule has 2 aliphatic rings. The molecule has 6 nitrogen and oxygen atoms in total. The second-order valence-electron chi connectivity index (χ2n) is 10.4. The maximum Gasteiger partial charge on any atom is 0.227 e. The van der Waals surface area contributed by atoms with Crippen molar-refractivity contribution in [2.45, 2.75) is 18.9 Å². The van der Waals surface area contributed by atoms with E-state index in [0.29, 0.717) is 17.9 Å². The van der Waals surface area contributed by atoms with Crippen LogP contribution in [0.4, 0.5) is 16.0 Å². The van der Waals surface area contributed by atoms with E-state index in [1.54, 1.807) is 13.2 Å². The SMILES string of the molecule is COCCN1CCN(Cc2cccc(Nc3ncc4c(n3)-c3ccccc3C(c3ccccc3F)C4)c2)CC1. The van der Waals surface area contributed by atoms with E-state index in [9.17, 15) is 4.39 Å². The van der Waals surface area contributed by atoms with Crippen molar-refractivity contribution in [3.63, 3.8) is 0 Å². The fourth-order valence-corrected chi connectivity index (χ4v) is 5.76. The molecule has 1 unspecified atom stereocenters. The lowest BCUT2D eigenvalue weighted by molar-refractivity contribution is 0.0938. The van der Waals surface area contributed by atoms with E-state index in [4.69, 9.17) is 9.72 Å². The molecule has 0 bridgehead atoms. The minimum Gasteiger partial charge on any atom is -0.383 e.